The van der Waals surface area contributed by atoms with Gasteiger partial charge in [0.15, 0.2) is 0 Å². The van der Waals surface area contributed by atoms with E-state index in [1.165, 1.54) is 6.92 Å². The summed E-state index contributed by atoms with van der Waals surface area (Å²) in [7, 11) is 1.75. The minimum atomic E-state index is -1.10. The standard InChI is InChI=1S/C19H24ClN3O4/c1-5-10(2)16(19(26)27)22-17(24)11(3)21-18(25)15-9-12-8-13(20)6-7-14(12)23(15)4/h6-11,16H,5H2,1-4H3,(H,21,25)(H,22,24)(H,26,27)/t10-,11+,16+/m1/s1. The van der Waals surface area contributed by atoms with Gasteiger partial charge in [-0.2, -0.15) is 0 Å². The fourth-order valence-corrected chi connectivity index (χ4v) is 3.02. The van der Waals surface area contributed by atoms with Gasteiger partial charge in [-0.05, 0) is 37.1 Å². The zero-order valence-electron chi connectivity index (χ0n) is 15.7. The number of hydrogen-bond acceptors (Lipinski definition) is 3. The summed E-state index contributed by atoms with van der Waals surface area (Å²) < 4.78 is 1.71. The van der Waals surface area contributed by atoms with Gasteiger partial charge in [-0.25, -0.2) is 4.79 Å². The van der Waals surface area contributed by atoms with Crippen molar-refractivity contribution in [1.29, 1.82) is 0 Å². The van der Waals surface area contributed by atoms with Crippen LogP contribution in [0.1, 0.15) is 37.7 Å². The molecule has 0 saturated carbocycles. The van der Waals surface area contributed by atoms with E-state index in [9.17, 15) is 19.5 Å². The van der Waals surface area contributed by atoms with Gasteiger partial charge in [0.05, 0.1) is 0 Å². The average molecular weight is 394 g/mol. The molecule has 8 heteroatoms. The summed E-state index contributed by atoms with van der Waals surface area (Å²) in [6, 6.07) is 5.12. The highest BCUT2D eigenvalue weighted by Crippen LogP contribution is 2.22. The predicted octanol–water partition coefficient (Wildman–Crippen LogP) is 2.57. The highest BCUT2D eigenvalue weighted by Gasteiger charge is 2.28. The van der Waals surface area contributed by atoms with E-state index >= 15 is 0 Å². The van der Waals surface area contributed by atoms with Gasteiger partial charge in [-0.1, -0.05) is 31.9 Å². The molecular formula is C19H24ClN3O4. The van der Waals surface area contributed by atoms with Gasteiger partial charge in [0.2, 0.25) is 5.91 Å². The molecular weight excluding hydrogens is 370 g/mol. The summed E-state index contributed by atoms with van der Waals surface area (Å²) in [4.78, 5) is 36.3. The molecule has 0 aliphatic heterocycles. The molecule has 1 aromatic carbocycles. The number of aryl methyl sites for hydroxylation is 1. The molecule has 0 radical (unpaired) electrons. The minimum Gasteiger partial charge on any atom is -0.480 e. The molecule has 2 rings (SSSR count). The van der Waals surface area contributed by atoms with Crippen LogP contribution in [0, 0.1) is 5.92 Å². The van der Waals surface area contributed by atoms with Gasteiger partial charge in [0.25, 0.3) is 5.91 Å². The summed E-state index contributed by atoms with van der Waals surface area (Å²) in [5.41, 5.74) is 1.22. The van der Waals surface area contributed by atoms with Crippen molar-refractivity contribution < 1.29 is 19.5 Å². The maximum absolute atomic E-state index is 12.6. The first-order valence-electron chi connectivity index (χ1n) is 8.74. The molecule has 0 bridgehead atoms. The molecule has 0 aliphatic rings. The fraction of sp³-hybridized carbons (Fsp3) is 0.421. The zero-order chi connectivity index (χ0) is 20.3. The molecule has 27 heavy (non-hydrogen) atoms. The van der Waals surface area contributed by atoms with Crippen LogP contribution in [-0.4, -0.2) is 39.5 Å². The minimum absolute atomic E-state index is 0.225. The van der Waals surface area contributed by atoms with E-state index in [4.69, 9.17) is 11.6 Å². The third kappa shape index (κ3) is 4.60. The summed E-state index contributed by atoms with van der Waals surface area (Å²) in [5.74, 6) is -2.29. The normalized spacial score (nSPS) is 14.4. The Morgan fingerprint density at radius 2 is 1.85 bits per heavy atom. The van der Waals surface area contributed by atoms with Crippen molar-refractivity contribution in [3.05, 3.63) is 35.0 Å². The van der Waals surface area contributed by atoms with Crippen molar-refractivity contribution in [2.75, 3.05) is 0 Å². The fourth-order valence-electron chi connectivity index (χ4n) is 2.84. The molecule has 0 spiro atoms. The van der Waals surface area contributed by atoms with Crippen molar-refractivity contribution in [2.45, 2.75) is 39.3 Å². The summed E-state index contributed by atoms with van der Waals surface area (Å²) in [6.45, 7) is 5.12. The first-order valence-corrected chi connectivity index (χ1v) is 9.12. The van der Waals surface area contributed by atoms with Crippen molar-refractivity contribution in [3.8, 4) is 0 Å². The Morgan fingerprint density at radius 3 is 2.44 bits per heavy atom. The molecule has 0 aliphatic carbocycles. The Morgan fingerprint density at radius 1 is 1.19 bits per heavy atom. The lowest BCUT2D eigenvalue weighted by atomic mass is 9.99. The lowest BCUT2D eigenvalue weighted by Gasteiger charge is -2.22. The van der Waals surface area contributed by atoms with Gasteiger partial charge in [0, 0.05) is 23.0 Å². The van der Waals surface area contributed by atoms with E-state index in [2.05, 4.69) is 10.6 Å². The van der Waals surface area contributed by atoms with Crippen LogP contribution in [-0.2, 0) is 16.6 Å². The molecule has 2 amide bonds. The number of aliphatic carboxylic acids is 1. The van der Waals surface area contributed by atoms with Crippen molar-refractivity contribution in [1.82, 2.24) is 15.2 Å². The number of carboxylic acid groups (broad SMARTS) is 1. The Balaban J connectivity index is 2.12. The summed E-state index contributed by atoms with van der Waals surface area (Å²) in [5, 5.41) is 15.8. The first kappa shape index (κ1) is 20.8. The second-order valence-corrected chi connectivity index (χ2v) is 7.13. The highest BCUT2D eigenvalue weighted by atomic mass is 35.5. The van der Waals surface area contributed by atoms with Crippen molar-refractivity contribution >= 4 is 40.3 Å². The number of benzene rings is 1. The quantitative estimate of drug-likeness (QED) is 0.673. The zero-order valence-corrected chi connectivity index (χ0v) is 16.5. The van der Waals surface area contributed by atoms with E-state index in [0.717, 1.165) is 10.9 Å². The first-order chi connectivity index (χ1) is 12.6. The number of amides is 2. The number of carbonyl (C=O) groups excluding carboxylic acids is 2. The van der Waals surface area contributed by atoms with Gasteiger partial charge < -0.3 is 20.3 Å². The molecule has 1 aromatic heterocycles. The van der Waals surface area contributed by atoms with E-state index in [1.54, 1.807) is 36.7 Å². The predicted molar refractivity (Wildman–Crippen MR) is 104 cm³/mol. The molecule has 7 nitrogen and oxygen atoms in total. The Hall–Kier alpha value is -2.54. The molecule has 146 valence electrons. The average Bonchev–Trinajstić information content (AvgIpc) is 2.94. The SMILES string of the molecule is CC[C@@H](C)[C@H](NC(=O)[C@H](C)NC(=O)c1cc2cc(Cl)ccc2n1C)C(=O)O. The number of hydrogen-bond donors (Lipinski definition) is 3. The van der Waals surface area contributed by atoms with Crippen LogP contribution in [0.2, 0.25) is 5.02 Å². The second-order valence-electron chi connectivity index (χ2n) is 6.70. The van der Waals surface area contributed by atoms with Gasteiger partial charge in [-0.3, -0.25) is 9.59 Å². The Labute approximate surface area is 162 Å². The Bertz CT molecular complexity index is 877. The van der Waals surface area contributed by atoms with Crippen LogP contribution in [0.5, 0.6) is 0 Å². The number of nitrogens with zero attached hydrogens (tertiary/aromatic N) is 1. The van der Waals surface area contributed by atoms with Gasteiger partial charge >= 0.3 is 5.97 Å². The number of carbonyl (C=O) groups is 3. The van der Waals surface area contributed by atoms with Crippen LogP contribution < -0.4 is 10.6 Å². The largest absolute Gasteiger partial charge is 0.480 e. The van der Waals surface area contributed by atoms with Gasteiger partial charge in [0.1, 0.15) is 17.8 Å². The van der Waals surface area contributed by atoms with E-state index in [1.807, 2.05) is 13.0 Å². The van der Waals surface area contributed by atoms with Crippen LogP contribution in [0.4, 0.5) is 0 Å². The third-order valence-corrected chi connectivity index (χ3v) is 4.99. The molecule has 0 unspecified atom stereocenters. The van der Waals surface area contributed by atoms with E-state index in [-0.39, 0.29) is 5.92 Å². The third-order valence-electron chi connectivity index (χ3n) is 4.75. The topological polar surface area (TPSA) is 100 Å². The molecule has 3 N–H and O–H groups in total. The number of carboxylic acids is 1. The van der Waals surface area contributed by atoms with Crippen molar-refractivity contribution in [3.63, 3.8) is 0 Å². The molecule has 0 saturated heterocycles. The van der Waals surface area contributed by atoms with Crippen LogP contribution in [0.3, 0.4) is 0 Å². The molecule has 0 fully saturated rings. The van der Waals surface area contributed by atoms with Crippen LogP contribution >= 0.6 is 11.6 Å². The van der Waals surface area contributed by atoms with Crippen LogP contribution in [0.25, 0.3) is 10.9 Å². The number of rotatable bonds is 7. The summed E-state index contributed by atoms with van der Waals surface area (Å²) in [6.07, 6.45) is 0.608. The number of halogens is 1. The van der Waals surface area contributed by atoms with E-state index in [0.29, 0.717) is 17.1 Å². The molecule has 3 atom stereocenters. The van der Waals surface area contributed by atoms with Gasteiger partial charge in [-0.15, -0.1) is 0 Å². The number of nitrogens with one attached hydrogen (secondary N) is 2. The second kappa shape index (κ2) is 8.43. The summed E-state index contributed by atoms with van der Waals surface area (Å²) >= 11 is 5.99. The van der Waals surface area contributed by atoms with Crippen LogP contribution in [0.15, 0.2) is 24.3 Å². The molecule has 1 heterocycles. The lowest BCUT2D eigenvalue weighted by Crippen LogP contribution is -2.52. The smallest absolute Gasteiger partial charge is 0.326 e. The number of aromatic nitrogens is 1. The highest BCUT2D eigenvalue weighted by molar-refractivity contribution is 6.31. The lowest BCUT2D eigenvalue weighted by molar-refractivity contribution is -0.143. The monoisotopic (exact) mass is 393 g/mol. The van der Waals surface area contributed by atoms with Crippen molar-refractivity contribution in [2.24, 2.45) is 13.0 Å². The Kier molecular flexibility index (Phi) is 6.49. The maximum atomic E-state index is 12.6. The van der Waals surface area contributed by atoms with E-state index < -0.39 is 29.9 Å². The number of fused-ring (bicyclic) bond motifs is 1. The molecule has 2 aromatic rings. The maximum Gasteiger partial charge on any atom is 0.326 e.